The molecule has 3 heterocycles. The summed E-state index contributed by atoms with van der Waals surface area (Å²) < 4.78 is 34.1. The maximum absolute atomic E-state index is 13.0. The number of carbonyl (C=O) groups excluding carboxylic acids is 1. The Morgan fingerprint density at radius 1 is 0.443 bits per heavy atom. The fourth-order valence-corrected chi connectivity index (χ4v) is 10.9. The van der Waals surface area contributed by atoms with Crippen LogP contribution in [0.2, 0.25) is 0 Å². The van der Waals surface area contributed by atoms with Crippen LogP contribution >= 0.6 is 0 Å². The molecule has 12 N–H and O–H groups in total. The Bertz CT molecular complexity index is 1500. The Morgan fingerprint density at radius 2 is 0.785 bits per heavy atom. The quantitative estimate of drug-likeness (QED) is 0.0240. The molecule has 3 fully saturated rings. The number of rotatable bonds is 47. The van der Waals surface area contributed by atoms with Gasteiger partial charge in [0, 0.05) is 6.42 Å². The molecule has 1 amide bonds. The van der Waals surface area contributed by atoms with Crippen molar-refractivity contribution in [2.24, 2.45) is 0 Å². The summed E-state index contributed by atoms with van der Waals surface area (Å²) in [6.07, 6.45) is 18.9. The van der Waals surface area contributed by atoms with Crippen LogP contribution < -0.4 is 5.32 Å². The van der Waals surface area contributed by atoms with Crippen molar-refractivity contribution in [1.82, 2.24) is 5.32 Å². The normalized spacial score (nSPS) is 30.3. The second kappa shape index (κ2) is 44.1. The average molecular weight is 1140 g/mol. The van der Waals surface area contributed by atoms with E-state index in [1.165, 1.54) is 161 Å². The zero-order valence-electron chi connectivity index (χ0n) is 48.6. The Kier molecular flexibility index (Phi) is 40.1. The van der Waals surface area contributed by atoms with Crippen LogP contribution in [-0.2, 0) is 33.2 Å². The molecule has 0 bridgehead atoms. The van der Waals surface area contributed by atoms with E-state index in [0.717, 1.165) is 44.9 Å². The Hall–Kier alpha value is -1.47. The molecule has 0 aromatic rings. The zero-order valence-corrected chi connectivity index (χ0v) is 48.6. The molecule has 0 spiro atoms. The molecule has 19 nitrogen and oxygen atoms in total. The lowest BCUT2D eigenvalue weighted by Crippen LogP contribution is -2.66. The number of ether oxygens (including phenoxy) is 6. The summed E-state index contributed by atoms with van der Waals surface area (Å²) in [4.78, 5) is 13.0. The van der Waals surface area contributed by atoms with Gasteiger partial charge >= 0.3 is 0 Å². The van der Waals surface area contributed by atoms with Crippen molar-refractivity contribution in [3.05, 3.63) is 12.2 Å². The van der Waals surface area contributed by atoms with Gasteiger partial charge in [0.15, 0.2) is 18.9 Å². The van der Waals surface area contributed by atoms with Crippen LogP contribution in [0.3, 0.4) is 0 Å². The van der Waals surface area contributed by atoms with E-state index in [-0.39, 0.29) is 18.9 Å². The number of aliphatic hydroxyl groups is 11. The minimum Gasteiger partial charge on any atom is -0.394 e. The van der Waals surface area contributed by atoms with Gasteiger partial charge in [0.1, 0.15) is 73.2 Å². The van der Waals surface area contributed by atoms with Crippen LogP contribution in [0.25, 0.3) is 0 Å². The first-order valence-corrected chi connectivity index (χ1v) is 31.4. The predicted octanol–water partition coefficient (Wildman–Crippen LogP) is 6.16. The lowest BCUT2D eigenvalue weighted by molar-refractivity contribution is -0.379. The van der Waals surface area contributed by atoms with Crippen LogP contribution in [0.4, 0.5) is 0 Å². The number of aliphatic hydroxyl groups excluding tert-OH is 11. The van der Waals surface area contributed by atoms with Crippen LogP contribution in [0.1, 0.15) is 232 Å². The number of nitrogens with one attached hydrogen (secondary N) is 1. The molecule has 17 unspecified atom stereocenters. The minimum absolute atomic E-state index is 0.237. The highest BCUT2D eigenvalue weighted by atomic mass is 16.8. The first-order chi connectivity index (χ1) is 38.3. The van der Waals surface area contributed by atoms with E-state index in [1.54, 1.807) is 6.08 Å². The summed E-state index contributed by atoms with van der Waals surface area (Å²) in [7, 11) is 0. The van der Waals surface area contributed by atoms with E-state index in [1.807, 2.05) is 6.08 Å². The molecule has 3 saturated heterocycles. The lowest BCUT2D eigenvalue weighted by atomic mass is 9.96. The predicted molar refractivity (Wildman–Crippen MR) is 300 cm³/mol. The maximum atomic E-state index is 13.0. The number of amides is 1. The lowest BCUT2D eigenvalue weighted by Gasteiger charge is -2.48. The standard InChI is InChI=1S/C60H113NO18/c1-3-5-7-9-10-11-12-13-14-15-16-17-18-19-20-21-22-23-24-25-26-27-28-29-30-31-32-33-34-35-37-44(65)43(61-48(66)38-36-8-6-4-2)42-74-58-54(72)51(69)56(46(40-63)76-58)79-60-55(73)52(70)57(47(41-64)77-60)78-59-53(71)50(68)49(67)45(39-62)75-59/h35,37,43-47,49-60,62-65,67-73H,3-34,36,38-42H2,1-2H3,(H,61,66)/b37-35+. The van der Waals surface area contributed by atoms with E-state index in [9.17, 15) is 61.0 Å². The number of hydrogen-bond acceptors (Lipinski definition) is 18. The third kappa shape index (κ3) is 27.9. The van der Waals surface area contributed by atoms with Gasteiger partial charge in [0.2, 0.25) is 5.91 Å². The van der Waals surface area contributed by atoms with Crippen molar-refractivity contribution in [3.63, 3.8) is 0 Å². The van der Waals surface area contributed by atoms with Crippen molar-refractivity contribution >= 4 is 5.91 Å². The molecule has 19 heteroatoms. The second-order valence-electron chi connectivity index (χ2n) is 22.9. The largest absolute Gasteiger partial charge is 0.394 e. The molecule has 17 atom stereocenters. The molecular weight excluding hydrogens is 1020 g/mol. The van der Waals surface area contributed by atoms with E-state index >= 15 is 0 Å². The van der Waals surface area contributed by atoms with Crippen molar-refractivity contribution in [2.75, 3.05) is 26.4 Å². The van der Waals surface area contributed by atoms with Gasteiger partial charge in [0.05, 0.1) is 38.6 Å². The van der Waals surface area contributed by atoms with Gasteiger partial charge in [-0.3, -0.25) is 4.79 Å². The smallest absolute Gasteiger partial charge is 0.220 e. The molecular formula is C60H113NO18. The first-order valence-electron chi connectivity index (χ1n) is 31.4. The molecule has 0 radical (unpaired) electrons. The van der Waals surface area contributed by atoms with Crippen molar-refractivity contribution in [1.29, 1.82) is 0 Å². The van der Waals surface area contributed by atoms with Crippen molar-refractivity contribution in [3.8, 4) is 0 Å². The van der Waals surface area contributed by atoms with Gasteiger partial charge in [-0.05, 0) is 19.3 Å². The molecule has 0 aliphatic carbocycles. The van der Waals surface area contributed by atoms with Crippen molar-refractivity contribution in [2.45, 2.75) is 336 Å². The number of unbranched alkanes of at least 4 members (excludes halogenated alkanes) is 31. The summed E-state index contributed by atoms with van der Waals surface area (Å²) in [5, 5.41) is 119. The highest BCUT2D eigenvalue weighted by Gasteiger charge is 2.53. The number of allylic oxidation sites excluding steroid dienone is 1. The van der Waals surface area contributed by atoms with E-state index < -0.39 is 124 Å². The van der Waals surface area contributed by atoms with Gasteiger partial charge in [-0.2, -0.15) is 0 Å². The van der Waals surface area contributed by atoms with Crippen LogP contribution in [0.15, 0.2) is 12.2 Å². The molecule has 0 aromatic carbocycles. The van der Waals surface area contributed by atoms with E-state index in [2.05, 4.69) is 19.2 Å². The zero-order chi connectivity index (χ0) is 57.6. The Balaban J connectivity index is 1.32. The number of carbonyl (C=O) groups is 1. The molecule has 466 valence electrons. The van der Waals surface area contributed by atoms with Gasteiger partial charge in [-0.25, -0.2) is 0 Å². The van der Waals surface area contributed by atoms with Gasteiger partial charge in [-0.1, -0.05) is 219 Å². The van der Waals surface area contributed by atoms with Gasteiger partial charge in [-0.15, -0.1) is 0 Å². The topological polar surface area (TPSA) is 307 Å². The minimum atomic E-state index is -1.97. The fraction of sp³-hybridized carbons (Fsp3) is 0.950. The maximum Gasteiger partial charge on any atom is 0.220 e. The highest BCUT2D eigenvalue weighted by Crippen LogP contribution is 2.33. The van der Waals surface area contributed by atoms with Crippen LogP contribution in [0.5, 0.6) is 0 Å². The summed E-state index contributed by atoms with van der Waals surface area (Å²) in [5.41, 5.74) is 0. The monoisotopic (exact) mass is 1140 g/mol. The molecule has 79 heavy (non-hydrogen) atoms. The second-order valence-corrected chi connectivity index (χ2v) is 22.9. The average Bonchev–Trinajstić information content (AvgIpc) is 3.46. The van der Waals surface area contributed by atoms with E-state index in [0.29, 0.717) is 6.42 Å². The Morgan fingerprint density at radius 3 is 1.19 bits per heavy atom. The third-order valence-corrected chi connectivity index (χ3v) is 16.1. The molecule has 0 saturated carbocycles. The Labute approximate surface area is 474 Å². The van der Waals surface area contributed by atoms with Gasteiger partial charge < -0.3 is 89.9 Å². The molecule has 3 aliphatic rings. The van der Waals surface area contributed by atoms with Crippen LogP contribution in [0, 0.1) is 0 Å². The van der Waals surface area contributed by atoms with E-state index in [4.69, 9.17) is 28.4 Å². The first kappa shape index (κ1) is 71.8. The molecule has 3 aliphatic heterocycles. The summed E-state index contributed by atoms with van der Waals surface area (Å²) in [5.74, 6) is -0.292. The van der Waals surface area contributed by atoms with Crippen molar-refractivity contribution < 1.29 is 89.4 Å². The highest BCUT2D eigenvalue weighted by molar-refractivity contribution is 5.76. The SMILES string of the molecule is CCCCCCCCCCCCCCCCCCCCCCCCCCCCCC/C=C/C(O)C(COC1OC(CO)C(OC2OC(CO)C(OC3OC(CO)C(O)C(O)C3O)C(O)C2O)C(O)C1O)NC(=O)CCCCCC. The van der Waals surface area contributed by atoms with Crippen LogP contribution in [-0.4, -0.2) is 193 Å². The third-order valence-electron chi connectivity index (χ3n) is 16.1. The summed E-state index contributed by atoms with van der Waals surface area (Å²) in [6.45, 7) is 1.59. The fourth-order valence-electron chi connectivity index (χ4n) is 10.9. The molecule has 0 aromatic heterocycles. The summed E-state index contributed by atoms with van der Waals surface area (Å²) in [6, 6.07) is -0.964. The summed E-state index contributed by atoms with van der Waals surface area (Å²) >= 11 is 0. The molecule has 3 rings (SSSR count). The van der Waals surface area contributed by atoms with Gasteiger partial charge in [0.25, 0.3) is 0 Å². The number of hydrogen-bond donors (Lipinski definition) is 12.